The van der Waals surface area contributed by atoms with Crippen LogP contribution in [0.5, 0.6) is 0 Å². The Morgan fingerprint density at radius 1 is 1.28 bits per heavy atom. The summed E-state index contributed by atoms with van der Waals surface area (Å²) in [6.45, 7) is 8.85. The minimum Gasteiger partial charge on any atom is -0.369 e. The fourth-order valence-corrected chi connectivity index (χ4v) is 1.86. The van der Waals surface area contributed by atoms with Crippen molar-refractivity contribution in [1.82, 2.24) is 5.32 Å². The first-order valence-electron chi connectivity index (χ1n) is 6.65. The number of benzene rings is 1. The molecular weight excluding hydrogens is 222 g/mol. The maximum Gasteiger partial charge on any atom is 0.113 e. The molecule has 98 valence electrons. The average molecular weight is 245 g/mol. The van der Waals surface area contributed by atoms with Gasteiger partial charge in [-0.2, -0.15) is 5.26 Å². The lowest BCUT2D eigenvalue weighted by atomic mass is 10.2. The predicted molar refractivity (Wildman–Crippen MR) is 76.8 cm³/mol. The molecule has 3 heteroatoms. The standard InChI is InChI=1S/C15H23N3/c1-4-10-17-14(11-16)12-18(5-2)15-8-6-13(3)7-9-15/h6-9,14,17H,4-5,10,12H2,1-3H3. The van der Waals surface area contributed by atoms with Crippen LogP contribution < -0.4 is 10.2 Å². The normalized spacial score (nSPS) is 11.9. The van der Waals surface area contributed by atoms with Crippen LogP contribution >= 0.6 is 0 Å². The number of anilines is 1. The lowest BCUT2D eigenvalue weighted by Crippen LogP contribution is -2.40. The van der Waals surface area contributed by atoms with Crippen LogP contribution in [-0.2, 0) is 0 Å². The van der Waals surface area contributed by atoms with Crippen LogP contribution in [0.1, 0.15) is 25.8 Å². The van der Waals surface area contributed by atoms with E-state index in [1.807, 2.05) is 0 Å². The Hall–Kier alpha value is -1.53. The van der Waals surface area contributed by atoms with Crippen molar-refractivity contribution < 1.29 is 0 Å². The van der Waals surface area contributed by atoms with E-state index in [1.54, 1.807) is 0 Å². The Balaban J connectivity index is 2.66. The van der Waals surface area contributed by atoms with E-state index in [0.717, 1.165) is 26.1 Å². The summed E-state index contributed by atoms with van der Waals surface area (Å²) >= 11 is 0. The summed E-state index contributed by atoms with van der Waals surface area (Å²) < 4.78 is 0. The smallest absolute Gasteiger partial charge is 0.113 e. The van der Waals surface area contributed by atoms with Crippen LogP contribution in [0.3, 0.4) is 0 Å². The van der Waals surface area contributed by atoms with Gasteiger partial charge in [0.05, 0.1) is 6.07 Å². The number of rotatable bonds is 7. The molecule has 0 saturated carbocycles. The van der Waals surface area contributed by atoms with Gasteiger partial charge < -0.3 is 10.2 Å². The SMILES string of the molecule is CCCNC(C#N)CN(CC)c1ccc(C)cc1. The van der Waals surface area contributed by atoms with Gasteiger partial charge in [0.15, 0.2) is 0 Å². The summed E-state index contributed by atoms with van der Waals surface area (Å²) in [5.41, 5.74) is 2.44. The van der Waals surface area contributed by atoms with Crippen molar-refractivity contribution in [3.63, 3.8) is 0 Å². The van der Waals surface area contributed by atoms with Gasteiger partial charge in [-0.1, -0.05) is 24.6 Å². The molecule has 1 N–H and O–H groups in total. The Morgan fingerprint density at radius 2 is 1.94 bits per heavy atom. The van der Waals surface area contributed by atoms with E-state index in [-0.39, 0.29) is 6.04 Å². The van der Waals surface area contributed by atoms with Crippen molar-refractivity contribution in [1.29, 1.82) is 5.26 Å². The number of nitrogens with zero attached hydrogens (tertiary/aromatic N) is 2. The van der Waals surface area contributed by atoms with Gasteiger partial charge in [0.1, 0.15) is 6.04 Å². The Morgan fingerprint density at radius 3 is 2.44 bits per heavy atom. The molecule has 0 spiro atoms. The number of hydrogen-bond acceptors (Lipinski definition) is 3. The Labute approximate surface area is 110 Å². The molecule has 0 aliphatic rings. The van der Waals surface area contributed by atoms with E-state index in [1.165, 1.54) is 11.3 Å². The number of aryl methyl sites for hydroxylation is 1. The number of nitrogens with one attached hydrogen (secondary N) is 1. The van der Waals surface area contributed by atoms with Gasteiger partial charge in [0.2, 0.25) is 0 Å². The summed E-state index contributed by atoms with van der Waals surface area (Å²) in [6, 6.07) is 10.7. The van der Waals surface area contributed by atoms with Gasteiger partial charge in [-0.15, -0.1) is 0 Å². The van der Waals surface area contributed by atoms with Crippen molar-refractivity contribution >= 4 is 5.69 Å². The number of hydrogen-bond donors (Lipinski definition) is 1. The summed E-state index contributed by atoms with van der Waals surface area (Å²) in [6.07, 6.45) is 1.05. The highest BCUT2D eigenvalue weighted by molar-refractivity contribution is 5.47. The van der Waals surface area contributed by atoms with E-state index < -0.39 is 0 Å². The predicted octanol–water partition coefficient (Wildman–Crippen LogP) is 2.71. The molecule has 0 amide bonds. The largest absolute Gasteiger partial charge is 0.369 e. The zero-order valence-electron chi connectivity index (χ0n) is 11.6. The lowest BCUT2D eigenvalue weighted by molar-refractivity contribution is 0.582. The van der Waals surface area contributed by atoms with Gasteiger partial charge in [0.25, 0.3) is 0 Å². The average Bonchev–Trinajstić information content (AvgIpc) is 2.40. The molecule has 1 unspecified atom stereocenters. The fourth-order valence-electron chi connectivity index (χ4n) is 1.86. The molecule has 1 aromatic carbocycles. The van der Waals surface area contributed by atoms with Crippen molar-refractivity contribution in [3.8, 4) is 6.07 Å². The monoisotopic (exact) mass is 245 g/mol. The molecule has 18 heavy (non-hydrogen) atoms. The van der Waals surface area contributed by atoms with E-state index >= 15 is 0 Å². The first kappa shape index (κ1) is 14.5. The first-order valence-corrected chi connectivity index (χ1v) is 6.65. The highest BCUT2D eigenvalue weighted by Crippen LogP contribution is 2.15. The summed E-state index contributed by atoms with van der Waals surface area (Å²) in [5.74, 6) is 0. The van der Waals surface area contributed by atoms with Gasteiger partial charge in [-0.05, 0) is 38.9 Å². The van der Waals surface area contributed by atoms with Crippen LogP contribution in [0.2, 0.25) is 0 Å². The summed E-state index contributed by atoms with van der Waals surface area (Å²) in [4.78, 5) is 2.23. The van der Waals surface area contributed by atoms with Crippen LogP contribution in [-0.4, -0.2) is 25.7 Å². The minimum atomic E-state index is -0.105. The number of likely N-dealkylation sites (N-methyl/N-ethyl adjacent to an activating group) is 1. The van der Waals surface area contributed by atoms with Crippen molar-refractivity contribution in [3.05, 3.63) is 29.8 Å². The van der Waals surface area contributed by atoms with Crippen LogP contribution in [0.4, 0.5) is 5.69 Å². The molecule has 1 aromatic rings. The maximum atomic E-state index is 9.15. The van der Waals surface area contributed by atoms with Crippen LogP contribution in [0.25, 0.3) is 0 Å². The van der Waals surface area contributed by atoms with E-state index in [9.17, 15) is 0 Å². The van der Waals surface area contributed by atoms with E-state index in [0.29, 0.717) is 0 Å². The van der Waals surface area contributed by atoms with Gasteiger partial charge in [-0.25, -0.2) is 0 Å². The molecule has 0 heterocycles. The molecule has 0 radical (unpaired) electrons. The van der Waals surface area contributed by atoms with E-state index in [4.69, 9.17) is 5.26 Å². The van der Waals surface area contributed by atoms with Gasteiger partial charge in [0, 0.05) is 18.8 Å². The molecule has 0 aromatic heterocycles. The zero-order valence-corrected chi connectivity index (χ0v) is 11.6. The molecule has 0 saturated heterocycles. The summed E-state index contributed by atoms with van der Waals surface area (Å²) in [7, 11) is 0. The Kier molecular flexibility index (Phi) is 6.24. The van der Waals surface area contributed by atoms with Gasteiger partial charge in [-0.3, -0.25) is 0 Å². The van der Waals surface area contributed by atoms with Crippen LogP contribution in [0.15, 0.2) is 24.3 Å². The second-order valence-electron chi connectivity index (χ2n) is 4.51. The van der Waals surface area contributed by atoms with Crippen molar-refractivity contribution in [2.45, 2.75) is 33.2 Å². The third-order valence-electron chi connectivity index (χ3n) is 2.98. The molecule has 0 bridgehead atoms. The zero-order chi connectivity index (χ0) is 13.4. The maximum absolute atomic E-state index is 9.15. The Bertz CT molecular complexity index is 378. The van der Waals surface area contributed by atoms with Crippen LogP contribution in [0, 0.1) is 18.3 Å². The van der Waals surface area contributed by atoms with Gasteiger partial charge >= 0.3 is 0 Å². The van der Waals surface area contributed by atoms with Crippen molar-refractivity contribution in [2.75, 3.05) is 24.5 Å². The lowest BCUT2D eigenvalue weighted by Gasteiger charge is -2.26. The molecular formula is C15H23N3. The third-order valence-corrected chi connectivity index (χ3v) is 2.98. The minimum absolute atomic E-state index is 0.105. The van der Waals surface area contributed by atoms with E-state index in [2.05, 4.69) is 61.3 Å². The fraction of sp³-hybridized carbons (Fsp3) is 0.533. The second kappa shape index (κ2) is 7.73. The molecule has 1 atom stereocenters. The molecule has 3 nitrogen and oxygen atoms in total. The summed E-state index contributed by atoms with van der Waals surface area (Å²) in [5, 5.41) is 12.4. The topological polar surface area (TPSA) is 39.1 Å². The number of nitriles is 1. The second-order valence-corrected chi connectivity index (χ2v) is 4.51. The highest BCUT2D eigenvalue weighted by Gasteiger charge is 2.12. The van der Waals surface area contributed by atoms with Crippen molar-refractivity contribution in [2.24, 2.45) is 0 Å². The molecule has 0 aliphatic heterocycles. The first-order chi connectivity index (χ1) is 8.71. The molecule has 1 rings (SSSR count). The third kappa shape index (κ3) is 4.38. The molecule has 0 fully saturated rings. The quantitative estimate of drug-likeness (QED) is 0.803. The highest BCUT2D eigenvalue weighted by atomic mass is 15.1. The molecule has 0 aliphatic carbocycles.